The van der Waals surface area contributed by atoms with E-state index in [0.717, 1.165) is 50.5 Å². The number of carbonyl (C=O) groups is 1. The summed E-state index contributed by atoms with van der Waals surface area (Å²) in [4.78, 5) is 16.8. The molecule has 0 aromatic rings. The van der Waals surface area contributed by atoms with Gasteiger partial charge in [-0.1, -0.05) is 66.2 Å². The number of rotatable bonds is 1. The molecule has 5 heteroatoms. The molecule has 3 saturated carbocycles. The molecule has 0 saturated heterocycles. The average molecular weight is 496 g/mol. The van der Waals surface area contributed by atoms with Crippen LogP contribution in [-0.4, -0.2) is 39.4 Å². The molecular formula is C31H45NO4. The van der Waals surface area contributed by atoms with Crippen molar-refractivity contribution >= 4 is 5.78 Å². The van der Waals surface area contributed by atoms with E-state index in [2.05, 4.69) is 39.5 Å². The predicted octanol–water partition coefficient (Wildman–Crippen LogP) is 5.46. The van der Waals surface area contributed by atoms with Crippen LogP contribution >= 0.6 is 0 Å². The van der Waals surface area contributed by atoms with E-state index in [9.17, 15) is 20.1 Å². The minimum absolute atomic E-state index is 0.0260. The monoisotopic (exact) mass is 495 g/mol. The van der Waals surface area contributed by atoms with Gasteiger partial charge < -0.3 is 20.1 Å². The number of aliphatic hydroxyl groups excluding tert-OH is 2. The molecule has 0 radical (unpaired) electrons. The summed E-state index contributed by atoms with van der Waals surface area (Å²) in [6, 6.07) is 0. The van der Waals surface area contributed by atoms with Gasteiger partial charge >= 0.3 is 0 Å². The smallest absolute Gasteiger partial charge is 0.226 e. The van der Waals surface area contributed by atoms with Crippen molar-refractivity contribution in [3.8, 4) is 0 Å². The molecule has 0 unspecified atom stereocenters. The van der Waals surface area contributed by atoms with Crippen LogP contribution in [0.3, 0.4) is 0 Å². The minimum Gasteiger partial charge on any atom is -0.396 e. The van der Waals surface area contributed by atoms with Gasteiger partial charge in [-0.15, -0.1) is 0 Å². The van der Waals surface area contributed by atoms with Crippen molar-refractivity contribution in [2.45, 2.75) is 105 Å². The van der Waals surface area contributed by atoms with Crippen molar-refractivity contribution < 1.29 is 20.1 Å². The van der Waals surface area contributed by atoms with Crippen LogP contribution in [0.25, 0.3) is 4.85 Å². The van der Waals surface area contributed by atoms with Crippen LogP contribution in [0.15, 0.2) is 23.4 Å². The highest BCUT2D eigenvalue weighted by atomic mass is 16.3. The summed E-state index contributed by atoms with van der Waals surface area (Å²) in [5, 5.41) is 35.5. The van der Waals surface area contributed by atoms with E-state index in [1.165, 1.54) is 0 Å². The van der Waals surface area contributed by atoms with Gasteiger partial charge in [0.1, 0.15) is 11.7 Å². The summed E-state index contributed by atoms with van der Waals surface area (Å²) >= 11 is 0. The summed E-state index contributed by atoms with van der Waals surface area (Å²) < 4.78 is 0. The summed E-state index contributed by atoms with van der Waals surface area (Å²) in [6.45, 7) is 22.8. The SMILES string of the molecule is [C-]#[N+]C1=C[C@]2(C)C3=C[C@@H](O)[C@]4(O)[C@@H]5CC(C)(C)CC[C@]5(CO)CC[C@@]4(C)[C@]3(C)CC[C@H]2C(C)(C)C1=O. The molecule has 198 valence electrons. The standard InChI is InChI=1S/C31H45NO4/c1-25(2)11-13-30(18-33)14-12-29(7)28(6)10-9-20-26(3,4)24(35)19(32-8)16-27(20,5)21(28)15-23(34)31(29,36)22(30)17-25/h15-16,20,22-23,33-34,36H,9-14,17-18H2,1-7H3/t20-,22+,23+,27-,28+,29-,30+,31+/m0/s1. The van der Waals surface area contributed by atoms with E-state index in [4.69, 9.17) is 6.57 Å². The molecule has 5 aliphatic rings. The lowest BCUT2D eigenvalue weighted by molar-refractivity contribution is -0.291. The minimum atomic E-state index is -1.36. The third-order valence-corrected chi connectivity index (χ3v) is 12.7. The lowest BCUT2D eigenvalue weighted by Crippen LogP contribution is -2.75. The number of fused-ring (bicyclic) bond motifs is 7. The molecule has 5 nitrogen and oxygen atoms in total. The van der Waals surface area contributed by atoms with E-state index in [1.807, 2.05) is 26.0 Å². The number of carbonyl (C=O) groups excluding carboxylic acids is 1. The molecule has 36 heavy (non-hydrogen) atoms. The van der Waals surface area contributed by atoms with E-state index < -0.39 is 33.4 Å². The van der Waals surface area contributed by atoms with Crippen LogP contribution in [0.1, 0.15) is 93.4 Å². The van der Waals surface area contributed by atoms with Crippen LogP contribution in [0.5, 0.6) is 0 Å². The fraction of sp³-hybridized carbons (Fsp3) is 0.806. The lowest BCUT2D eigenvalue weighted by atomic mass is 9.32. The number of aliphatic hydroxyl groups is 3. The van der Waals surface area contributed by atoms with Gasteiger partial charge in [0.15, 0.2) is 5.78 Å². The summed E-state index contributed by atoms with van der Waals surface area (Å²) in [5.74, 6) is -0.262. The first-order chi connectivity index (χ1) is 16.5. The van der Waals surface area contributed by atoms with Gasteiger partial charge in [-0.3, -0.25) is 0 Å². The number of hydrogen-bond donors (Lipinski definition) is 3. The van der Waals surface area contributed by atoms with Crippen LogP contribution in [0.4, 0.5) is 0 Å². The van der Waals surface area contributed by atoms with Crippen LogP contribution < -0.4 is 0 Å². The molecule has 5 aliphatic carbocycles. The van der Waals surface area contributed by atoms with Crippen molar-refractivity contribution in [1.29, 1.82) is 0 Å². The maximum Gasteiger partial charge on any atom is 0.226 e. The third-order valence-electron chi connectivity index (χ3n) is 12.7. The molecule has 0 heterocycles. The highest BCUT2D eigenvalue weighted by molar-refractivity contribution is 6.02. The molecule has 0 spiro atoms. The lowest BCUT2D eigenvalue weighted by Gasteiger charge is -2.73. The Bertz CT molecular complexity index is 1110. The first-order valence-electron chi connectivity index (χ1n) is 13.9. The highest BCUT2D eigenvalue weighted by Gasteiger charge is 2.75. The van der Waals surface area contributed by atoms with Crippen molar-refractivity contribution in [3.63, 3.8) is 0 Å². The zero-order valence-corrected chi connectivity index (χ0v) is 23.2. The van der Waals surface area contributed by atoms with Gasteiger partial charge in [0.05, 0.1) is 6.57 Å². The van der Waals surface area contributed by atoms with Gasteiger partial charge in [0.25, 0.3) is 0 Å². The molecule has 3 fully saturated rings. The number of Topliss-reactive ketones (excluding diaryl/α,β-unsaturated/α-hetero) is 1. The third kappa shape index (κ3) is 2.79. The molecule has 0 aromatic heterocycles. The van der Waals surface area contributed by atoms with Crippen molar-refractivity contribution in [2.75, 3.05) is 6.61 Å². The first kappa shape index (κ1) is 26.1. The van der Waals surface area contributed by atoms with Gasteiger partial charge in [0.2, 0.25) is 5.70 Å². The van der Waals surface area contributed by atoms with E-state index in [0.29, 0.717) is 0 Å². The zero-order valence-electron chi connectivity index (χ0n) is 23.2. The zero-order chi connectivity index (χ0) is 26.7. The second-order valence-electron chi connectivity index (χ2n) is 15.0. The van der Waals surface area contributed by atoms with Gasteiger partial charge in [-0.25, -0.2) is 4.85 Å². The highest BCUT2D eigenvalue weighted by Crippen LogP contribution is 2.76. The Balaban J connectivity index is 1.73. The van der Waals surface area contributed by atoms with Gasteiger partial charge in [-0.2, -0.15) is 0 Å². The Morgan fingerprint density at radius 1 is 1.00 bits per heavy atom. The Labute approximate surface area is 216 Å². The Hall–Kier alpha value is -1.48. The largest absolute Gasteiger partial charge is 0.396 e. The normalized spacial score (nSPS) is 50.9. The van der Waals surface area contributed by atoms with Crippen LogP contribution in [-0.2, 0) is 4.79 Å². The summed E-state index contributed by atoms with van der Waals surface area (Å²) in [7, 11) is 0. The molecule has 0 aromatic carbocycles. The number of ketones is 1. The maximum absolute atomic E-state index is 13.2. The van der Waals surface area contributed by atoms with E-state index >= 15 is 0 Å². The molecular weight excluding hydrogens is 450 g/mol. The van der Waals surface area contributed by atoms with Crippen LogP contribution in [0.2, 0.25) is 0 Å². The van der Waals surface area contributed by atoms with Crippen molar-refractivity contribution in [3.05, 3.63) is 34.8 Å². The number of nitrogens with zero attached hydrogens (tertiary/aromatic N) is 1. The summed E-state index contributed by atoms with van der Waals surface area (Å²) in [6.07, 6.45) is 8.60. The van der Waals surface area contributed by atoms with E-state index in [1.54, 1.807) is 0 Å². The van der Waals surface area contributed by atoms with Gasteiger partial charge in [-0.05, 0) is 73.0 Å². The quantitative estimate of drug-likeness (QED) is 0.333. The number of hydrogen-bond acceptors (Lipinski definition) is 4. The van der Waals surface area contributed by atoms with Crippen molar-refractivity contribution in [2.24, 2.45) is 44.3 Å². The Morgan fingerprint density at radius 3 is 2.25 bits per heavy atom. The number of allylic oxidation sites excluding steroid dienone is 3. The Kier molecular flexibility index (Phi) is 5.33. The first-order valence-corrected chi connectivity index (χ1v) is 13.9. The fourth-order valence-electron chi connectivity index (χ4n) is 10.2. The summed E-state index contributed by atoms with van der Waals surface area (Å²) in [5.41, 5.74) is -2.65. The molecule has 0 bridgehead atoms. The van der Waals surface area contributed by atoms with E-state index in [-0.39, 0.29) is 40.8 Å². The van der Waals surface area contributed by atoms with Gasteiger partial charge in [0, 0.05) is 22.9 Å². The molecule has 8 atom stereocenters. The average Bonchev–Trinajstić information content (AvgIpc) is 2.80. The second-order valence-corrected chi connectivity index (χ2v) is 15.0. The second kappa shape index (κ2) is 7.33. The predicted molar refractivity (Wildman–Crippen MR) is 139 cm³/mol. The van der Waals surface area contributed by atoms with Crippen molar-refractivity contribution in [1.82, 2.24) is 0 Å². The molecule has 5 rings (SSSR count). The fourth-order valence-corrected chi connectivity index (χ4v) is 10.2. The molecule has 3 N–H and O–H groups in total. The molecule has 0 amide bonds. The maximum atomic E-state index is 13.2. The Morgan fingerprint density at radius 2 is 1.64 bits per heavy atom. The topological polar surface area (TPSA) is 82.1 Å². The van der Waals surface area contributed by atoms with Crippen LogP contribution in [0, 0.1) is 50.9 Å². The molecule has 0 aliphatic heterocycles.